The van der Waals surface area contributed by atoms with E-state index in [1.165, 1.54) is 0 Å². The molecule has 0 unspecified atom stereocenters. The van der Waals surface area contributed by atoms with Crippen LogP contribution in [0, 0.1) is 6.92 Å². The average Bonchev–Trinajstić information content (AvgIpc) is 2.27. The minimum absolute atomic E-state index is 0.822. The third kappa shape index (κ3) is 3.36. The standard InChI is InChI=1S/C12H22N4/c1-5-8-13-11-9-12(15-10(4)14-11)16(6-2)7-3/h9H,5-8H2,1-4H3,(H,13,14,15). The first-order valence-electron chi connectivity index (χ1n) is 6.05. The first-order chi connectivity index (χ1) is 7.71. The maximum absolute atomic E-state index is 4.46. The van der Waals surface area contributed by atoms with Crippen molar-refractivity contribution in [3.63, 3.8) is 0 Å². The fourth-order valence-corrected chi connectivity index (χ4v) is 1.61. The van der Waals surface area contributed by atoms with E-state index in [2.05, 4.69) is 41.0 Å². The number of rotatable bonds is 6. The van der Waals surface area contributed by atoms with E-state index in [4.69, 9.17) is 0 Å². The van der Waals surface area contributed by atoms with Crippen molar-refractivity contribution in [2.75, 3.05) is 29.9 Å². The number of nitrogens with zero attached hydrogens (tertiary/aromatic N) is 3. The fraction of sp³-hybridized carbons (Fsp3) is 0.667. The Bertz CT molecular complexity index is 321. The first-order valence-corrected chi connectivity index (χ1v) is 6.05. The minimum atomic E-state index is 0.822. The summed E-state index contributed by atoms with van der Waals surface area (Å²) in [5.41, 5.74) is 0. The number of anilines is 2. The number of hydrogen-bond donors (Lipinski definition) is 1. The molecule has 0 atom stereocenters. The molecule has 1 rings (SSSR count). The Labute approximate surface area is 98.1 Å². The Hall–Kier alpha value is -1.32. The third-order valence-electron chi connectivity index (χ3n) is 2.47. The van der Waals surface area contributed by atoms with Gasteiger partial charge in [0, 0.05) is 25.7 Å². The van der Waals surface area contributed by atoms with Crippen molar-refractivity contribution in [1.82, 2.24) is 9.97 Å². The van der Waals surface area contributed by atoms with Gasteiger partial charge in [-0.2, -0.15) is 0 Å². The van der Waals surface area contributed by atoms with Gasteiger partial charge in [-0.1, -0.05) is 6.92 Å². The molecular weight excluding hydrogens is 200 g/mol. The molecule has 0 spiro atoms. The van der Waals surface area contributed by atoms with E-state index >= 15 is 0 Å². The zero-order valence-electron chi connectivity index (χ0n) is 10.7. The Kier molecular flexibility index (Phi) is 5.02. The molecule has 0 saturated heterocycles. The number of nitrogens with one attached hydrogen (secondary N) is 1. The molecule has 16 heavy (non-hydrogen) atoms. The van der Waals surface area contributed by atoms with Gasteiger partial charge in [-0.25, -0.2) is 9.97 Å². The van der Waals surface area contributed by atoms with Gasteiger partial charge in [-0.05, 0) is 27.2 Å². The van der Waals surface area contributed by atoms with E-state index in [1.807, 2.05) is 13.0 Å². The lowest BCUT2D eigenvalue weighted by molar-refractivity contribution is 0.833. The molecule has 0 amide bonds. The van der Waals surface area contributed by atoms with Crippen molar-refractivity contribution in [2.24, 2.45) is 0 Å². The van der Waals surface area contributed by atoms with Gasteiger partial charge in [0.2, 0.25) is 0 Å². The lowest BCUT2D eigenvalue weighted by Crippen LogP contribution is -2.23. The monoisotopic (exact) mass is 222 g/mol. The molecule has 0 aliphatic carbocycles. The molecular formula is C12H22N4. The summed E-state index contributed by atoms with van der Waals surface area (Å²) in [4.78, 5) is 11.1. The van der Waals surface area contributed by atoms with Crippen LogP contribution in [0.25, 0.3) is 0 Å². The van der Waals surface area contributed by atoms with Crippen molar-refractivity contribution in [3.05, 3.63) is 11.9 Å². The van der Waals surface area contributed by atoms with Crippen molar-refractivity contribution in [3.8, 4) is 0 Å². The second kappa shape index (κ2) is 6.30. The van der Waals surface area contributed by atoms with Crippen LogP contribution in [-0.2, 0) is 0 Å². The second-order valence-electron chi connectivity index (χ2n) is 3.76. The lowest BCUT2D eigenvalue weighted by Gasteiger charge is -2.20. The second-order valence-corrected chi connectivity index (χ2v) is 3.76. The fourth-order valence-electron chi connectivity index (χ4n) is 1.61. The smallest absolute Gasteiger partial charge is 0.134 e. The molecule has 4 heteroatoms. The van der Waals surface area contributed by atoms with E-state index in [0.717, 1.165) is 43.5 Å². The van der Waals surface area contributed by atoms with Crippen LogP contribution in [0.5, 0.6) is 0 Å². The van der Waals surface area contributed by atoms with Crippen LogP contribution in [0.15, 0.2) is 6.07 Å². The Morgan fingerprint density at radius 1 is 1.19 bits per heavy atom. The number of hydrogen-bond acceptors (Lipinski definition) is 4. The van der Waals surface area contributed by atoms with E-state index in [-0.39, 0.29) is 0 Å². The van der Waals surface area contributed by atoms with Crippen LogP contribution in [0.2, 0.25) is 0 Å². The van der Waals surface area contributed by atoms with Crippen LogP contribution in [0.4, 0.5) is 11.6 Å². The lowest BCUT2D eigenvalue weighted by atomic mass is 10.4. The Morgan fingerprint density at radius 2 is 1.88 bits per heavy atom. The van der Waals surface area contributed by atoms with Gasteiger partial charge in [0.15, 0.2) is 0 Å². The quantitative estimate of drug-likeness (QED) is 0.802. The number of aryl methyl sites for hydroxylation is 1. The highest BCUT2D eigenvalue weighted by Crippen LogP contribution is 2.15. The van der Waals surface area contributed by atoms with Crippen molar-refractivity contribution < 1.29 is 0 Å². The highest BCUT2D eigenvalue weighted by molar-refractivity contribution is 5.49. The largest absolute Gasteiger partial charge is 0.370 e. The van der Waals surface area contributed by atoms with Crippen molar-refractivity contribution in [2.45, 2.75) is 34.1 Å². The summed E-state index contributed by atoms with van der Waals surface area (Å²) < 4.78 is 0. The van der Waals surface area contributed by atoms with Gasteiger partial charge in [0.1, 0.15) is 17.5 Å². The van der Waals surface area contributed by atoms with Gasteiger partial charge >= 0.3 is 0 Å². The van der Waals surface area contributed by atoms with E-state index in [9.17, 15) is 0 Å². The molecule has 0 radical (unpaired) electrons. The van der Waals surface area contributed by atoms with Crippen LogP contribution < -0.4 is 10.2 Å². The van der Waals surface area contributed by atoms with Gasteiger partial charge in [0.05, 0.1) is 0 Å². The molecule has 1 heterocycles. The predicted octanol–water partition coefficient (Wildman–Crippen LogP) is 2.45. The molecule has 4 nitrogen and oxygen atoms in total. The number of aromatic nitrogens is 2. The Balaban J connectivity index is 2.88. The van der Waals surface area contributed by atoms with Gasteiger partial charge < -0.3 is 10.2 Å². The first kappa shape index (κ1) is 12.7. The molecule has 1 N–H and O–H groups in total. The summed E-state index contributed by atoms with van der Waals surface area (Å²) >= 11 is 0. The molecule has 90 valence electrons. The maximum atomic E-state index is 4.46. The summed E-state index contributed by atoms with van der Waals surface area (Å²) in [7, 11) is 0. The topological polar surface area (TPSA) is 41.0 Å². The van der Waals surface area contributed by atoms with E-state index in [1.54, 1.807) is 0 Å². The summed E-state index contributed by atoms with van der Waals surface area (Å²) in [6.07, 6.45) is 1.10. The maximum Gasteiger partial charge on any atom is 0.134 e. The predicted molar refractivity (Wildman–Crippen MR) is 69.1 cm³/mol. The molecule has 0 bridgehead atoms. The van der Waals surface area contributed by atoms with Crippen LogP contribution in [0.3, 0.4) is 0 Å². The molecule has 1 aromatic heterocycles. The molecule has 0 aliphatic heterocycles. The molecule has 0 aliphatic rings. The highest BCUT2D eigenvalue weighted by atomic mass is 15.2. The molecule has 0 saturated carbocycles. The molecule has 0 aromatic carbocycles. The zero-order chi connectivity index (χ0) is 12.0. The van der Waals surface area contributed by atoms with Crippen LogP contribution >= 0.6 is 0 Å². The normalized spacial score (nSPS) is 10.2. The van der Waals surface area contributed by atoms with Crippen LogP contribution in [-0.4, -0.2) is 29.6 Å². The summed E-state index contributed by atoms with van der Waals surface area (Å²) in [6, 6.07) is 2.02. The third-order valence-corrected chi connectivity index (χ3v) is 2.47. The summed E-state index contributed by atoms with van der Waals surface area (Å²) in [6.45, 7) is 11.3. The van der Waals surface area contributed by atoms with Gasteiger partial charge in [0.25, 0.3) is 0 Å². The van der Waals surface area contributed by atoms with E-state index in [0.29, 0.717) is 0 Å². The van der Waals surface area contributed by atoms with Crippen molar-refractivity contribution in [1.29, 1.82) is 0 Å². The highest BCUT2D eigenvalue weighted by Gasteiger charge is 2.06. The SMILES string of the molecule is CCCNc1cc(N(CC)CC)nc(C)n1. The van der Waals surface area contributed by atoms with E-state index < -0.39 is 0 Å². The average molecular weight is 222 g/mol. The zero-order valence-corrected chi connectivity index (χ0v) is 10.7. The van der Waals surface area contributed by atoms with Gasteiger partial charge in [-0.15, -0.1) is 0 Å². The Morgan fingerprint density at radius 3 is 2.44 bits per heavy atom. The van der Waals surface area contributed by atoms with Crippen LogP contribution in [0.1, 0.15) is 33.0 Å². The summed E-state index contributed by atoms with van der Waals surface area (Å²) in [5, 5.41) is 3.30. The minimum Gasteiger partial charge on any atom is -0.370 e. The van der Waals surface area contributed by atoms with Crippen molar-refractivity contribution >= 4 is 11.6 Å². The summed E-state index contributed by atoms with van der Waals surface area (Å²) in [5.74, 6) is 2.76. The molecule has 1 aromatic rings. The van der Waals surface area contributed by atoms with Gasteiger partial charge in [-0.3, -0.25) is 0 Å². The molecule has 0 fully saturated rings.